The molecule has 11 heteroatoms. The smallest absolute Gasteiger partial charge is 0.229 e. The van der Waals surface area contributed by atoms with Gasteiger partial charge in [0.15, 0.2) is 17.0 Å². The van der Waals surface area contributed by atoms with Gasteiger partial charge in [-0.15, -0.1) is 0 Å². The second-order valence-corrected chi connectivity index (χ2v) is 7.87. The van der Waals surface area contributed by atoms with Crippen molar-refractivity contribution in [2.45, 2.75) is 6.54 Å². The van der Waals surface area contributed by atoms with Gasteiger partial charge >= 0.3 is 0 Å². The number of aromatic amines is 1. The zero-order valence-corrected chi connectivity index (χ0v) is 17.7. The summed E-state index contributed by atoms with van der Waals surface area (Å²) in [7, 11) is 0. The number of nitrogens with one attached hydrogen (secondary N) is 2. The van der Waals surface area contributed by atoms with Crippen molar-refractivity contribution in [3.05, 3.63) is 54.0 Å². The van der Waals surface area contributed by atoms with Crippen molar-refractivity contribution in [3.8, 4) is 5.69 Å². The van der Waals surface area contributed by atoms with E-state index in [-0.39, 0.29) is 0 Å². The number of morpholine rings is 1. The zero-order chi connectivity index (χ0) is 21.5. The van der Waals surface area contributed by atoms with Crippen LogP contribution < -0.4 is 10.2 Å². The van der Waals surface area contributed by atoms with Crippen LogP contribution in [0.25, 0.3) is 27.9 Å². The lowest BCUT2D eigenvalue weighted by atomic mass is 10.3. The molecule has 5 aromatic rings. The van der Waals surface area contributed by atoms with Crippen molar-refractivity contribution >= 4 is 45.6 Å². The predicted octanol–water partition coefficient (Wildman–Crippen LogP) is 3.39. The molecule has 4 aromatic heterocycles. The highest BCUT2D eigenvalue weighted by Gasteiger charge is 2.20. The van der Waals surface area contributed by atoms with Crippen molar-refractivity contribution in [2.24, 2.45) is 0 Å². The largest absolute Gasteiger partial charge is 0.470 e. The number of benzene rings is 1. The Kier molecular flexibility index (Phi) is 4.66. The zero-order valence-electron chi connectivity index (χ0n) is 17.0. The van der Waals surface area contributed by atoms with E-state index in [0.29, 0.717) is 47.7 Å². The number of furan rings is 1. The van der Waals surface area contributed by atoms with Gasteiger partial charge in [-0.3, -0.25) is 4.57 Å². The number of ether oxygens (including phenoxy) is 1. The standard InChI is InChI=1S/C21H19ClN8O2/c22-13-1-2-15-16(9-13)26-17(25-15)10-23-19-18-20(30(12-24-18)14-3-6-32-11-14)28-21(27-19)29-4-7-31-8-5-29/h1-3,6,9,11-12H,4-5,7-8,10H2,(H,25,26)(H,23,27,28). The molecule has 5 heterocycles. The molecule has 1 aliphatic rings. The maximum atomic E-state index is 6.09. The molecule has 2 N–H and O–H groups in total. The Bertz CT molecular complexity index is 1390. The molecule has 0 aliphatic carbocycles. The number of H-pyrrole nitrogens is 1. The summed E-state index contributed by atoms with van der Waals surface area (Å²) in [6.07, 6.45) is 5.00. The molecule has 0 bridgehead atoms. The van der Waals surface area contributed by atoms with E-state index in [1.165, 1.54) is 0 Å². The summed E-state index contributed by atoms with van der Waals surface area (Å²) in [5.74, 6) is 2.04. The Morgan fingerprint density at radius 3 is 2.88 bits per heavy atom. The minimum absolute atomic E-state index is 0.444. The Labute approximate surface area is 187 Å². The fourth-order valence-electron chi connectivity index (χ4n) is 3.79. The molecule has 32 heavy (non-hydrogen) atoms. The highest BCUT2D eigenvalue weighted by Crippen LogP contribution is 2.26. The van der Waals surface area contributed by atoms with Crippen LogP contribution in [0.5, 0.6) is 0 Å². The topological polar surface area (TPSA) is 110 Å². The van der Waals surface area contributed by atoms with Crippen molar-refractivity contribution in [1.29, 1.82) is 0 Å². The quantitative estimate of drug-likeness (QED) is 0.419. The van der Waals surface area contributed by atoms with Gasteiger partial charge in [0.25, 0.3) is 0 Å². The van der Waals surface area contributed by atoms with Gasteiger partial charge in [0.05, 0.1) is 42.7 Å². The number of aromatic nitrogens is 6. The van der Waals surface area contributed by atoms with Crippen molar-refractivity contribution in [2.75, 3.05) is 36.5 Å². The number of fused-ring (bicyclic) bond motifs is 2. The highest BCUT2D eigenvalue weighted by molar-refractivity contribution is 6.31. The monoisotopic (exact) mass is 450 g/mol. The second kappa shape index (κ2) is 7.81. The summed E-state index contributed by atoms with van der Waals surface area (Å²) >= 11 is 6.09. The Morgan fingerprint density at radius 1 is 1.12 bits per heavy atom. The molecule has 0 radical (unpaired) electrons. The number of imidazole rings is 2. The van der Waals surface area contributed by atoms with Crippen molar-refractivity contribution < 1.29 is 9.15 Å². The van der Waals surface area contributed by atoms with E-state index >= 15 is 0 Å². The van der Waals surface area contributed by atoms with E-state index in [9.17, 15) is 0 Å². The molecular formula is C21H19ClN8O2. The van der Waals surface area contributed by atoms with Crippen molar-refractivity contribution in [3.63, 3.8) is 0 Å². The first-order chi connectivity index (χ1) is 15.7. The first-order valence-electron chi connectivity index (χ1n) is 10.2. The molecule has 10 nitrogen and oxygen atoms in total. The van der Waals surface area contributed by atoms with Crippen LogP contribution in [0.15, 0.2) is 47.5 Å². The van der Waals surface area contributed by atoms with Gasteiger partial charge in [0.2, 0.25) is 5.95 Å². The average Bonchev–Trinajstić information content (AvgIpc) is 3.56. The van der Waals surface area contributed by atoms with Crippen LogP contribution in [0.3, 0.4) is 0 Å². The van der Waals surface area contributed by atoms with Gasteiger partial charge in [-0.1, -0.05) is 11.6 Å². The summed E-state index contributed by atoms with van der Waals surface area (Å²) in [5, 5.41) is 4.05. The highest BCUT2D eigenvalue weighted by atomic mass is 35.5. The molecule has 1 fully saturated rings. The fraction of sp³-hybridized carbons (Fsp3) is 0.238. The predicted molar refractivity (Wildman–Crippen MR) is 120 cm³/mol. The second-order valence-electron chi connectivity index (χ2n) is 7.44. The fourth-order valence-corrected chi connectivity index (χ4v) is 3.96. The Balaban J connectivity index is 1.38. The van der Waals surface area contributed by atoms with Gasteiger partial charge < -0.3 is 24.4 Å². The summed E-state index contributed by atoms with van der Waals surface area (Å²) < 4.78 is 12.6. The molecule has 0 saturated carbocycles. The molecule has 1 saturated heterocycles. The van der Waals surface area contributed by atoms with Gasteiger partial charge in [-0.2, -0.15) is 9.97 Å². The maximum Gasteiger partial charge on any atom is 0.229 e. The van der Waals surface area contributed by atoms with E-state index in [2.05, 4.69) is 25.2 Å². The van der Waals surface area contributed by atoms with Crippen LogP contribution in [0.1, 0.15) is 5.82 Å². The van der Waals surface area contributed by atoms with Crippen molar-refractivity contribution in [1.82, 2.24) is 29.5 Å². The van der Waals surface area contributed by atoms with Crippen LogP contribution in [0.4, 0.5) is 11.8 Å². The average molecular weight is 451 g/mol. The lowest BCUT2D eigenvalue weighted by molar-refractivity contribution is 0.122. The Morgan fingerprint density at radius 2 is 2.03 bits per heavy atom. The van der Waals surface area contributed by atoms with Crippen LogP contribution in [-0.4, -0.2) is 55.8 Å². The number of nitrogens with zero attached hydrogens (tertiary/aromatic N) is 6. The maximum absolute atomic E-state index is 6.09. The Hall–Kier alpha value is -3.63. The lowest BCUT2D eigenvalue weighted by Gasteiger charge is -2.27. The van der Waals surface area contributed by atoms with Crippen LogP contribution in [0, 0.1) is 0 Å². The minimum Gasteiger partial charge on any atom is -0.470 e. The molecule has 1 aromatic carbocycles. The van der Waals surface area contributed by atoms with Gasteiger partial charge in [-0.05, 0) is 18.2 Å². The molecule has 162 valence electrons. The third-order valence-electron chi connectivity index (χ3n) is 5.38. The molecule has 0 amide bonds. The first kappa shape index (κ1) is 19.1. The van der Waals surface area contributed by atoms with Gasteiger partial charge in [0, 0.05) is 24.2 Å². The van der Waals surface area contributed by atoms with E-state index in [1.54, 1.807) is 18.9 Å². The van der Waals surface area contributed by atoms with E-state index in [0.717, 1.165) is 35.6 Å². The molecular weight excluding hydrogens is 432 g/mol. The van der Waals surface area contributed by atoms with E-state index in [1.807, 2.05) is 28.8 Å². The third kappa shape index (κ3) is 3.43. The minimum atomic E-state index is 0.444. The SMILES string of the molecule is Clc1ccc2nc(CNc3nc(N4CCOCC4)nc4c3ncn4-c3ccoc3)[nH]c2c1. The van der Waals surface area contributed by atoms with Crippen LogP contribution >= 0.6 is 11.6 Å². The number of rotatable bonds is 5. The van der Waals surface area contributed by atoms with Crippen LogP contribution in [-0.2, 0) is 11.3 Å². The first-order valence-corrected chi connectivity index (χ1v) is 10.6. The third-order valence-corrected chi connectivity index (χ3v) is 5.61. The summed E-state index contributed by atoms with van der Waals surface area (Å²) in [6, 6.07) is 7.44. The number of hydrogen-bond acceptors (Lipinski definition) is 8. The van der Waals surface area contributed by atoms with Crippen LogP contribution in [0.2, 0.25) is 5.02 Å². The lowest BCUT2D eigenvalue weighted by Crippen LogP contribution is -2.37. The number of anilines is 2. The van der Waals surface area contributed by atoms with Gasteiger partial charge in [-0.25, -0.2) is 9.97 Å². The summed E-state index contributed by atoms with van der Waals surface area (Å²) in [4.78, 5) is 24.2. The molecule has 0 atom stereocenters. The van der Waals surface area contributed by atoms with E-state index in [4.69, 9.17) is 30.7 Å². The van der Waals surface area contributed by atoms with E-state index < -0.39 is 0 Å². The number of halogens is 1. The molecule has 0 spiro atoms. The van der Waals surface area contributed by atoms with Gasteiger partial charge in [0.1, 0.15) is 18.4 Å². The molecule has 6 rings (SSSR count). The summed E-state index contributed by atoms with van der Waals surface area (Å²) in [5.41, 5.74) is 3.96. The summed E-state index contributed by atoms with van der Waals surface area (Å²) in [6.45, 7) is 3.20. The molecule has 1 aliphatic heterocycles. The molecule has 0 unspecified atom stereocenters. The normalized spacial score (nSPS) is 14.5. The number of hydrogen-bond donors (Lipinski definition) is 2.